The topological polar surface area (TPSA) is 86.8 Å². The van der Waals surface area contributed by atoms with Crippen LogP contribution in [0.4, 0.5) is 18.9 Å². The lowest BCUT2D eigenvalue weighted by Crippen LogP contribution is -2.54. The van der Waals surface area contributed by atoms with E-state index >= 15 is 0 Å². The van der Waals surface area contributed by atoms with Gasteiger partial charge < -0.3 is 10.2 Å². The summed E-state index contributed by atoms with van der Waals surface area (Å²) >= 11 is 12.5. The van der Waals surface area contributed by atoms with Crippen LogP contribution in [0.3, 0.4) is 0 Å². The molecule has 49 heavy (non-hydrogen) atoms. The van der Waals surface area contributed by atoms with Crippen LogP contribution >= 0.6 is 23.2 Å². The van der Waals surface area contributed by atoms with Gasteiger partial charge in [0.2, 0.25) is 11.8 Å². The Balaban J connectivity index is 1.61. The molecule has 0 aliphatic heterocycles. The maximum atomic E-state index is 14.6. The first-order valence-electron chi connectivity index (χ1n) is 15.7. The van der Waals surface area contributed by atoms with Crippen LogP contribution in [-0.4, -0.2) is 43.8 Å². The van der Waals surface area contributed by atoms with Gasteiger partial charge in [0.25, 0.3) is 10.0 Å². The van der Waals surface area contributed by atoms with E-state index in [0.29, 0.717) is 21.0 Å². The Kier molecular flexibility index (Phi) is 11.6. The van der Waals surface area contributed by atoms with E-state index in [0.717, 1.165) is 43.4 Å². The molecule has 1 N–H and O–H groups in total. The minimum Gasteiger partial charge on any atom is -0.352 e. The Morgan fingerprint density at radius 3 is 2.06 bits per heavy atom. The Labute approximate surface area is 293 Å². The molecule has 4 aromatic rings. The third kappa shape index (κ3) is 9.14. The largest absolute Gasteiger partial charge is 0.416 e. The number of hydrogen-bond acceptors (Lipinski definition) is 4. The fourth-order valence-electron chi connectivity index (χ4n) is 5.82. The minimum atomic E-state index is -4.83. The van der Waals surface area contributed by atoms with E-state index in [-0.39, 0.29) is 28.9 Å². The number of amides is 2. The number of nitrogens with one attached hydrogen (secondary N) is 1. The molecule has 1 saturated carbocycles. The molecule has 0 aromatic heterocycles. The molecule has 0 bridgehead atoms. The number of carbonyl (C=O) groups is 2. The Bertz CT molecular complexity index is 1860. The van der Waals surface area contributed by atoms with Gasteiger partial charge in [-0.2, -0.15) is 13.2 Å². The van der Waals surface area contributed by atoms with Crippen molar-refractivity contribution in [1.29, 1.82) is 0 Å². The predicted molar refractivity (Wildman–Crippen MR) is 184 cm³/mol. The summed E-state index contributed by atoms with van der Waals surface area (Å²) in [5, 5.41) is 3.20. The lowest BCUT2D eigenvalue weighted by atomic mass is 10.0. The van der Waals surface area contributed by atoms with Gasteiger partial charge in [0.05, 0.1) is 21.2 Å². The zero-order valence-electron chi connectivity index (χ0n) is 26.2. The zero-order chi connectivity index (χ0) is 35.2. The van der Waals surface area contributed by atoms with E-state index in [2.05, 4.69) is 5.32 Å². The standard InChI is InChI=1S/C36H34Cl2F3N3O4S/c37-28-18-15-26(16-19-28)23-43(33(21-25-9-3-1-4-10-25)35(46)42-29-11-7-8-12-29)34(45)24-44(49(47,48)30-13-5-2-6-14-30)32-22-27(36(39,40)41)17-20-31(32)38/h1-6,9-10,13-20,22,29,33H,7-8,11-12,21,23-24H2,(H,42,46)/t33-/m1/s1. The highest BCUT2D eigenvalue weighted by molar-refractivity contribution is 7.92. The Morgan fingerprint density at radius 1 is 0.837 bits per heavy atom. The first-order valence-corrected chi connectivity index (χ1v) is 17.9. The quantitative estimate of drug-likeness (QED) is 0.161. The van der Waals surface area contributed by atoms with Crippen molar-refractivity contribution in [3.63, 3.8) is 0 Å². The first-order chi connectivity index (χ1) is 23.3. The normalized spacial score (nSPS) is 14.3. The molecule has 0 spiro atoms. The fraction of sp³-hybridized carbons (Fsp3) is 0.278. The van der Waals surface area contributed by atoms with Gasteiger partial charge in [0.1, 0.15) is 12.6 Å². The highest BCUT2D eigenvalue weighted by atomic mass is 35.5. The first kappa shape index (κ1) is 36.2. The molecule has 13 heteroatoms. The maximum Gasteiger partial charge on any atom is 0.416 e. The molecule has 1 aliphatic carbocycles. The summed E-state index contributed by atoms with van der Waals surface area (Å²) in [5.74, 6) is -1.25. The zero-order valence-corrected chi connectivity index (χ0v) is 28.6. The molecular weight excluding hydrogens is 698 g/mol. The van der Waals surface area contributed by atoms with Crippen molar-refractivity contribution in [2.75, 3.05) is 10.8 Å². The number of benzene rings is 4. The number of carbonyl (C=O) groups excluding carboxylic acids is 2. The van der Waals surface area contributed by atoms with Crippen LogP contribution in [0, 0.1) is 0 Å². The van der Waals surface area contributed by atoms with E-state index in [1.165, 1.54) is 29.2 Å². The Hall–Kier alpha value is -4.06. The highest BCUT2D eigenvalue weighted by Crippen LogP contribution is 2.37. The van der Waals surface area contributed by atoms with Gasteiger partial charge in [-0.3, -0.25) is 13.9 Å². The van der Waals surface area contributed by atoms with E-state index in [4.69, 9.17) is 23.2 Å². The van der Waals surface area contributed by atoms with Crippen molar-refractivity contribution in [2.45, 2.75) is 61.8 Å². The van der Waals surface area contributed by atoms with E-state index in [1.807, 2.05) is 18.2 Å². The van der Waals surface area contributed by atoms with Crippen LogP contribution in [0.25, 0.3) is 0 Å². The Morgan fingerprint density at radius 2 is 1.45 bits per heavy atom. The fourth-order valence-corrected chi connectivity index (χ4v) is 7.66. The molecular formula is C36H34Cl2F3N3O4S. The van der Waals surface area contributed by atoms with Crippen LogP contribution in [0.1, 0.15) is 42.4 Å². The third-order valence-electron chi connectivity index (χ3n) is 8.39. The summed E-state index contributed by atoms with van der Waals surface area (Å²) in [5.41, 5.74) is -0.338. The lowest BCUT2D eigenvalue weighted by Gasteiger charge is -2.34. The predicted octanol–water partition coefficient (Wildman–Crippen LogP) is 7.91. The van der Waals surface area contributed by atoms with Gasteiger partial charge >= 0.3 is 6.18 Å². The summed E-state index contributed by atoms with van der Waals surface area (Å²) in [4.78, 5) is 29.7. The molecule has 2 amide bonds. The summed E-state index contributed by atoms with van der Waals surface area (Å²) in [6.45, 7) is -1.07. The molecule has 258 valence electrons. The SMILES string of the molecule is O=C(NC1CCCC1)[C@@H](Cc1ccccc1)N(Cc1ccc(Cl)cc1)C(=O)CN(c1cc(C(F)(F)F)ccc1Cl)S(=O)(=O)c1ccccc1. The smallest absolute Gasteiger partial charge is 0.352 e. The number of nitrogens with zero attached hydrogens (tertiary/aromatic N) is 2. The second-order valence-electron chi connectivity index (χ2n) is 11.8. The van der Waals surface area contributed by atoms with Gasteiger partial charge in [0.15, 0.2) is 0 Å². The summed E-state index contributed by atoms with van der Waals surface area (Å²) in [6, 6.07) is 23.8. The van der Waals surface area contributed by atoms with Gasteiger partial charge in [0, 0.05) is 24.0 Å². The van der Waals surface area contributed by atoms with Crippen molar-refractivity contribution in [2.24, 2.45) is 0 Å². The van der Waals surface area contributed by atoms with Crippen molar-refractivity contribution < 1.29 is 31.2 Å². The van der Waals surface area contributed by atoms with E-state index in [9.17, 15) is 31.2 Å². The van der Waals surface area contributed by atoms with Crippen LogP contribution in [0.15, 0.2) is 108 Å². The molecule has 7 nitrogen and oxygen atoms in total. The molecule has 4 aromatic carbocycles. The van der Waals surface area contributed by atoms with Crippen molar-refractivity contribution in [3.8, 4) is 0 Å². The number of anilines is 1. The van der Waals surface area contributed by atoms with Crippen LogP contribution in [-0.2, 0) is 38.8 Å². The molecule has 1 aliphatic rings. The van der Waals surface area contributed by atoms with Crippen LogP contribution in [0.2, 0.25) is 10.0 Å². The number of rotatable bonds is 12. The lowest BCUT2D eigenvalue weighted by molar-refractivity contribution is -0.140. The summed E-state index contributed by atoms with van der Waals surface area (Å²) in [7, 11) is -4.65. The monoisotopic (exact) mass is 731 g/mol. The average molecular weight is 733 g/mol. The van der Waals surface area contributed by atoms with Gasteiger partial charge in [-0.25, -0.2) is 8.42 Å². The number of halogens is 5. The van der Waals surface area contributed by atoms with Crippen molar-refractivity contribution in [3.05, 3.63) is 130 Å². The number of sulfonamides is 1. The third-order valence-corrected chi connectivity index (χ3v) is 10.7. The second kappa shape index (κ2) is 15.7. The van der Waals surface area contributed by atoms with Gasteiger partial charge in [-0.1, -0.05) is 96.7 Å². The van der Waals surface area contributed by atoms with Crippen molar-refractivity contribution in [1.82, 2.24) is 10.2 Å². The molecule has 5 rings (SSSR count). The number of alkyl halides is 3. The minimum absolute atomic E-state index is 0.0860. The van der Waals surface area contributed by atoms with Crippen molar-refractivity contribution >= 4 is 50.7 Å². The van der Waals surface area contributed by atoms with Crippen LogP contribution in [0.5, 0.6) is 0 Å². The molecule has 1 atom stereocenters. The van der Waals surface area contributed by atoms with E-state index in [1.54, 1.807) is 42.5 Å². The molecule has 0 saturated heterocycles. The average Bonchev–Trinajstić information content (AvgIpc) is 3.59. The van der Waals surface area contributed by atoms with Gasteiger partial charge in [-0.05, 0) is 66.4 Å². The summed E-state index contributed by atoms with van der Waals surface area (Å²) in [6.07, 6.45) is -1.27. The van der Waals surface area contributed by atoms with Crippen LogP contribution < -0.4 is 9.62 Å². The molecule has 0 heterocycles. The number of hydrogen-bond donors (Lipinski definition) is 1. The molecule has 1 fully saturated rings. The van der Waals surface area contributed by atoms with E-state index < -0.39 is 51.9 Å². The molecule has 0 unspecified atom stereocenters. The maximum absolute atomic E-state index is 14.6. The molecule has 0 radical (unpaired) electrons. The summed E-state index contributed by atoms with van der Waals surface area (Å²) < 4.78 is 70.5. The highest BCUT2D eigenvalue weighted by Gasteiger charge is 2.38. The second-order valence-corrected chi connectivity index (χ2v) is 14.5. The van der Waals surface area contributed by atoms with Gasteiger partial charge in [-0.15, -0.1) is 0 Å².